The molecule has 1 aromatic carbocycles. The number of anilines is 1. The van der Waals surface area contributed by atoms with Gasteiger partial charge in [-0.3, -0.25) is 19.6 Å². The number of aromatic nitrogens is 2. The highest BCUT2D eigenvalue weighted by Crippen LogP contribution is 2.47. The molecular weight excluding hydrogens is 488 g/mol. The number of nitrogens with zero attached hydrogens (tertiary/aromatic N) is 5. The molecule has 0 unspecified atom stereocenters. The number of rotatable bonds is 6. The van der Waals surface area contributed by atoms with Crippen LogP contribution < -0.4 is 22.5 Å². The number of carbonyl (C=O) groups excluding carboxylic acids is 2. The lowest BCUT2D eigenvalue weighted by atomic mass is 9.61. The smallest absolute Gasteiger partial charge is 0.354 e. The maximum atomic E-state index is 12.7. The lowest BCUT2D eigenvalue weighted by molar-refractivity contribution is -0.139. The summed E-state index contributed by atoms with van der Waals surface area (Å²) in [5.74, 6) is -0.199. The van der Waals surface area contributed by atoms with Crippen LogP contribution in [-0.4, -0.2) is 98.8 Å². The van der Waals surface area contributed by atoms with E-state index in [-0.39, 0.29) is 11.7 Å². The topological polar surface area (TPSA) is 163 Å². The fourth-order valence-electron chi connectivity index (χ4n) is 5.74. The fourth-order valence-corrected chi connectivity index (χ4v) is 5.74. The molecule has 12 heteroatoms. The van der Waals surface area contributed by atoms with Gasteiger partial charge in [0.1, 0.15) is 11.4 Å². The fraction of sp³-hybridized carbons (Fsp3) is 0.538. The summed E-state index contributed by atoms with van der Waals surface area (Å²) in [5, 5.41) is 12.0. The zero-order chi connectivity index (χ0) is 27.1. The highest BCUT2D eigenvalue weighted by atomic mass is 16.3. The molecule has 0 bridgehead atoms. The number of aliphatic hydroxyl groups excluding tert-OH is 1. The number of nitrogens with one attached hydrogen (secondary N) is 1. The van der Waals surface area contributed by atoms with Gasteiger partial charge in [0.25, 0.3) is 0 Å². The lowest BCUT2D eigenvalue weighted by Gasteiger charge is -2.58. The molecule has 1 aromatic heterocycles. The van der Waals surface area contributed by atoms with E-state index in [0.29, 0.717) is 43.3 Å². The van der Waals surface area contributed by atoms with Crippen molar-refractivity contribution in [1.82, 2.24) is 24.3 Å². The van der Waals surface area contributed by atoms with Crippen molar-refractivity contribution < 1.29 is 14.7 Å². The molecule has 2 saturated heterocycles. The predicted molar refractivity (Wildman–Crippen MR) is 142 cm³/mol. The van der Waals surface area contributed by atoms with Gasteiger partial charge in [0.2, 0.25) is 5.91 Å². The number of piperazine rings is 1. The van der Waals surface area contributed by atoms with Gasteiger partial charge in [0.05, 0.1) is 12.3 Å². The molecule has 1 saturated carbocycles. The number of hydrogen-bond donors (Lipinski definition) is 4. The van der Waals surface area contributed by atoms with Crippen molar-refractivity contribution in [3.63, 3.8) is 0 Å². The second-order valence-electron chi connectivity index (χ2n) is 11.2. The molecule has 1 spiro atoms. The summed E-state index contributed by atoms with van der Waals surface area (Å²) in [5.41, 5.74) is 12.3. The summed E-state index contributed by atoms with van der Waals surface area (Å²) in [4.78, 5) is 47.3. The van der Waals surface area contributed by atoms with E-state index in [0.717, 1.165) is 32.5 Å². The van der Waals surface area contributed by atoms with E-state index in [4.69, 9.17) is 11.5 Å². The molecule has 3 amide bonds. The largest absolute Gasteiger partial charge is 0.394 e. The Kier molecular flexibility index (Phi) is 6.99. The first-order valence-electron chi connectivity index (χ1n) is 13.0. The Bertz CT molecular complexity index is 1240. The van der Waals surface area contributed by atoms with Gasteiger partial charge in [-0.05, 0) is 48.9 Å². The van der Waals surface area contributed by atoms with E-state index in [9.17, 15) is 19.5 Å². The van der Waals surface area contributed by atoms with Crippen LogP contribution in [0.25, 0.3) is 5.69 Å². The SMILES string of the molecule is C[C@](N)(CO)C(=O)N1CCN(C(=O)Nc2ccn(-c3ccc(CN4CC5(CC(N)C5)C4)cc3)c(=O)n2)CC1. The summed E-state index contributed by atoms with van der Waals surface area (Å²) in [6.45, 7) is 5.31. The number of likely N-dealkylation sites (tertiary alicyclic amines) is 1. The van der Waals surface area contributed by atoms with Crippen molar-refractivity contribution in [3.05, 3.63) is 52.6 Å². The van der Waals surface area contributed by atoms with Gasteiger partial charge in [-0.1, -0.05) is 12.1 Å². The minimum atomic E-state index is -1.35. The van der Waals surface area contributed by atoms with Crippen LogP contribution in [-0.2, 0) is 11.3 Å². The minimum absolute atomic E-state index is 0.156. The zero-order valence-corrected chi connectivity index (χ0v) is 21.7. The van der Waals surface area contributed by atoms with Crippen LogP contribution >= 0.6 is 0 Å². The van der Waals surface area contributed by atoms with Crippen LogP contribution in [0.1, 0.15) is 25.3 Å². The van der Waals surface area contributed by atoms with Crippen molar-refractivity contribution in [2.45, 2.75) is 37.9 Å². The van der Waals surface area contributed by atoms with E-state index >= 15 is 0 Å². The molecule has 3 heterocycles. The van der Waals surface area contributed by atoms with E-state index in [1.54, 1.807) is 17.2 Å². The van der Waals surface area contributed by atoms with Crippen LogP contribution in [0.2, 0.25) is 0 Å². The van der Waals surface area contributed by atoms with E-state index in [1.807, 2.05) is 24.3 Å². The molecule has 3 aliphatic rings. The van der Waals surface area contributed by atoms with Crippen molar-refractivity contribution in [2.24, 2.45) is 16.9 Å². The van der Waals surface area contributed by atoms with Crippen LogP contribution in [0.15, 0.2) is 41.3 Å². The van der Waals surface area contributed by atoms with E-state index < -0.39 is 23.9 Å². The molecule has 2 aliphatic heterocycles. The Morgan fingerprint density at radius 3 is 2.32 bits per heavy atom. The van der Waals surface area contributed by atoms with Gasteiger partial charge in [0, 0.05) is 58.1 Å². The number of benzene rings is 1. The van der Waals surface area contributed by atoms with Crippen LogP contribution in [0, 0.1) is 5.41 Å². The normalized spacial score (nSPS) is 20.9. The predicted octanol–water partition coefficient (Wildman–Crippen LogP) is -0.459. The quantitative estimate of drug-likeness (QED) is 0.395. The second-order valence-corrected chi connectivity index (χ2v) is 11.2. The number of carbonyl (C=O) groups is 2. The first-order valence-corrected chi connectivity index (χ1v) is 13.0. The molecule has 38 heavy (non-hydrogen) atoms. The van der Waals surface area contributed by atoms with Crippen molar-refractivity contribution in [3.8, 4) is 5.69 Å². The molecule has 204 valence electrons. The summed E-state index contributed by atoms with van der Waals surface area (Å²) in [6, 6.07) is 9.39. The first kappa shape index (κ1) is 26.3. The van der Waals surface area contributed by atoms with E-state index in [1.165, 1.54) is 22.0 Å². The van der Waals surface area contributed by atoms with Gasteiger partial charge in [0.15, 0.2) is 0 Å². The molecule has 1 aliphatic carbocycles. The molecule has 0 radical (unpaired) electrons. The van der Waals surface area contributed by atoms with Gasteiger partial charge in [-0.2, -0.15) is 4.98 Å². The van der Waals surface area contributed by atoms with Crippen LogP contribution in [0.5, 0.6) is 0 Å². The zero-order valence-electron chi connectivity index (χ0n) is 21.7. The van der Waals surface area contributed by atoms with Gasteiger partial charge >= 0.3 is 11.7 Å². The molecule has 3 fully saturated rings. The Morgan fingerprint density at radius 2 is 1.74 bits per heavy atom. The van der Waals surface area contributed by atoms with Gasteiger partial charge in [-0.25, -0.2) is 9.59 Å². The van der Waals surface area contributed by atoms with Gasteiger partial charge in [-0.15, -0.1) is 0 Å². The van der Waals surface area contributed by atoms with E-state index in [2.05, 4.69) is 15.2 Å². The molecular formula is C26H36N8O4. The standard InChI is InChI=1S/C26H36N8O4/c1-25(28,17-35)22(36)32-8-10-33(11-9-32)23(37)29-21-6-7-34(24(38)30-21)20-4-2-18(3-5-20)14-31-15-26(16-31)12-19(27)13-26/h2-7,19,35H,8-17,27-28H2,1H3,(H,29,30,37,38)/t25-/m0/s1. The third-order valence-electron chi connectivity index (χ3n) is 7.84. The Labute approximate surface area is 221 Å². The van der Waals surface area contributed by atoms with Crippen LogP contribution in [0.3, 0.4) is 0 Å². The number of nitrogens with two attached hydrogens (primary N) is 2. The molecule has 1 atom stereocenters. The maximum Gasteiger partial charge on any atom is 0.354 e. The molecule has 5 rings (SSSR count). The van der Waals surface area contributed by atoms with Crippen molar-refractivity contribution in [2.75, 3.05) is 51.2 Å². The number of amides is 3. The van der Waals surface area contributed by atoms with Crippen molar-refractivity contribution in [1.29, 1.82) is 0 Å². The van der Waals surface area contributed by atoms with Crippen LogP contribution in [0.4, 0.5) is 10.6 Å². The second kappa shape index (κ2) is 10.1. The highest BCUT2D eigenvalue weighted by Gasteiger charge is 2.50. The Morgan fingerprint density at radius 1 is 1.11 bits per heavy atom. The number of urea groups is 1. The molecule has 6 N–H and O–H groups in total. The molecule has 12 nitrogen and oxygen atoms in total. The summed E-state index contributed by atoms with van der Waals surface area (Å²) in [7, 11) is 0. The third-order valence-corrected chi connectivity index (χ3v) is 7.84. The summed E-state index contributed by atoms with van der Waals surface area (Å²) in [6.07, 6.45) is 3.85. The average Bonchev–Trinajstić information content (AvgIpc) is 2.87. The maximum absolute atomic E-state index is 12.7. The number of aliphatic hydroxyl groups is 1. The molecule has 2 aromatic rings. The average molecular weight is 525 g/mol. The minimum Gasteiger partial charge on any atom is -0.394 e. The Balaban J connectivity index is 1.13. The van der Waals surface area contributed by atoms with Crippen molar-refractivity contribution >= 4 is 17.8 Å². The third kappa shape index (κ3) is 5.30. The number of hydrogen-bond acceptors (Lipinski definition) is 8. The Hall–Kier alpha value is -3.32. The van der Waals surface area contributed by atoms with Gasteiger partial charge < -0.3 is 26.4 Å². The highest BCUT2D eigenvalue weighted by molar-refractivity contribution is 5.89. The first-order chi connectivity index (χ1) is 18.1. The summed E-state index contributed by atoms with van der Waals surface area (Å²) < 4.78 is 1.43. The monoisotopic (exact) mass is 524 g/mol. The lowest BCUT2D eigenvalue weighted by Crippen LogP contribution is -2.64. The summed E-state index contributed by atoms with van der Waals surface area (Å²) >= 11 is 0.